The Morgan fingerprint density at radius 1 is 1.36 bits per heavy atom. The van der Waals surface area contributed by atoms with Crippen LogP contribution >= 0.6 is 0 Å². The van der Waals surface area contributed by atoms with Crippen molar-refractivity contribution in [2.24, 2.45) is 0 Å². The number of hydrogen-bond donors (Lipinski definition) is 1. The molecule has 3 rings (SSSR count). The van der Waals surface area contributed by atoms with Crippen LogP contribution in [-0.4, -0.2) is 28.0 Å². The van der Waals surface area contributed by atoms with Crippen LogP contribution in [0, 0.1) is 0 Å². The minimum atomic E-state index is -2.79. The van der Waals surface area contributed by atoms with E-state index in [1.165, 1.54) is 6.42 Å². The number of halogens is 2. The molecule has 6 heteroatoms. The predicted molar refractivity (Wildman–Crippen MR) is 78.7 cm³/mol. The standard InChI is InChI=1S/C16H19F2N3O/c17-16(18)22-13-5-3-4-12(10-13)11-21-9-2-1-6-14(21)15-19-7-8-20-15/h3-5,7-8,10,14,16H,1-2,6,9,11H2,(H,19,20). The second-order valence-electron chi connectivity index (χ2n) is 5.48. The van der Waals surface area contributed by atoms with Crippen molar-refractivity contribution in [3.05, 3.63) is 48.0 Å². The molecule has 1 saturated heterocycles. The SMILES string of the molecule is FC(F)Oc1cccc(CN2CCCCC2c2ncc[nH]2)c1. The van der Waals surface area contributed by atoms with Gasteiger partial charge >= 0.3 is 6.61 Å². The molecule has 2 aromatic rings. The van der Waals surface area contributed by atoms with E-state index in [1.54, 1.807) is 24.4 Å². The Hall–Kier alpha value is -1.95. The molecule has 118 valence electrons. The van der Waals surface area contributed by atoms with E-state index in [2.05, 4.69) is 19.6 Å². The predicted octanol–water partition coefficient (Wildman–Crippen LogP) is 3.74. The minimum absolute atomic E-state index is 0.207. The Kier molecular flexibility index (Phi) is 4.68. The van der Waals surface area contributed by atoms with Crippen molar-refractivity contribution in [3.63, 3.8) is 0 Å². The van der Waals surface area contributed by atoms with Crippen LogP contribution < -0.4 is 4.74 Å². The van der Waals surface area contributed by atoms with Crippen molar-refractivity contribution >= 4 is 0 Å². The molecule has 1 aromatic heterocycles. The largest absolute Gasteiger partial charge is 0.435 e. The fourth-order valence-electron chi connectivity index (χ4n) is 3.00. The maximum atomic E-state index is 12.3. The Bertz CT molecular complexity index is 589. The van der Waals surface area contributed by atoms with Gasteiger partial charge in [0.15, 0.2) is 0 Å². The van der Waals surface area contributed by atoms with Crippen LogP contribution in [0.15, 0.2) is 36.7 Å². The van der Waals surface area contributed by atoms with E-state index in [1.807, 2.05) is 12.3 Å². The molecule has 0 saturated carbocycles. The first-order valence-corrected chi connectivity index (χ1v) is 7.49. The number of hydrogen-bond acceptors (Lipinski definition) is 3. The van der Waals surface area contributed by atoms with E-state index in [0.29, 0.717) is 6.54 Å². The highest BCUT2D eigenvalue weighted by molar-refractivity contribution is 5.28. The quantitative estimate of drug-likeness (QED) is 0.915. The number of nitrogens with zero attached hydrogens (tertiary/aromatic N) is 2. The lowest BCUT2D eigenvalue weighted by Crippen LogP contribution is -2.33. The first-order valence-electron chi connectivity index (χ1n) is 7.49. The smallest absolute Gasteiger partial charge is 0.387 e. The molecule has 4 nitrogen and oxygen atoms in total. The third-order valence-corrected chi connectivity index (χ3v) is 3.96. The second-order valence-corrected chi connectivity index (χ2v) is 5.48. The molecule has 1 aliphatic heterocycles. The fraction of sp³-hybridized carbons (Fsp3) is 0.438. The highest BCUT2D eigenvalue weighted by Gasteiger charge is 2.25. The Balaban J connectivity index is 1.73. The summed E-state index contributed by atoms with van der Waals surface area (Å²) in [7, 11) is 0. The van der Waals surface area contributed by atoms with Gasteiger partial charge in [-0.1, -0.05) is 18.6 Å². The average Bonchev–Trinajstić information content (AvgIpc) is 3.01. The molecule has 1 unspecified atom stereocenters. The number of imidazole rings is 1. The number of H-pyrrole nitrogens is 1. The lowest BCUT2D eigenvalue weighted by atomic mass is 10.0. The molecule has 1 aliphatic rings. The Morgan fingerprint density at radius 3 is 3.05 bits per heavy atom. The van der Waals surface area contributed by atoms with Gasteiger partial charge in [-0.25, -0.2) is 4.98 Å². The number of ether oxygens (including phenoxy) is 1. The van der Waals surface area contributed by atoms with Gasteiger partial charge in [-0.05, 0) is 37.1 Å². The summed E-state index contributed by atoms with van der Waals surface area (Å²) in [5, 5.41) is 0. The highest BCUT2D eigenvalue weighted by atomic mass is 19.3. The number of alkyl halides is 2. The zero-order valence-corrected chi connectivity index (χ0v) is 12.2. The fourth-order valence-corrected chi connectivity index (χ4v) is 3.00. The van der Waals surface area contributed by atoms with Crippen LogP contribution in [0.25, 0.3) is 0 Å². The summed E-state index contributed by atoms with van der Waals surface area (Å²) in [5.41, 5.74) is 0.969. The van der Waals surface area contributed by atoms with Crippen LogP contribution in [0.1, 0.15) is 36.7 Å². The average molecular weight is 307 g/mol. The van der Waals surface area contributed by atoms with E-state index in [-0.39, 0.29) is 11.8 Å². The van der Waals surface area contributed by atoms with E-state index in [0.717, 1.165) is 30.8 Å². The van der Waals surface area contributed by atoms with Crippen LogP contribution in [0.2, 0.25) is 0 Å². The van der Waals surface area contributed by atoms with Crippen molar-refractivity contribution in [1.82, 2.24) is 14.9 Å². The van der Waals surface area contributed by atoms with Gasteiger partial charge in [0.2, 0.25) is 0 Å². The van der Waals surface area contributed by atoms with Gasteiger partial charge in [-0.2, -0.15) is 8.78 Å². The molecule has 1 aromatic carbocycles. The molecule has 0 spiro atoms. The molecule has 1 fully saturated rings. The van der Waals surface area contributed by atoms with Crippen molar-refractivity contribution in [2.45, 2.75) is 38.5 Å². The number of rotatable bonds is 5. The molecule has 1 atom stereocenters. The van der Waals surface area contributed by atoms with Crippen LogP contribution in [0.4, 0.5) is 8.78 Å². The second kappa shape index (κ2) is 6.87. The number of benzene rings is 1. The van der Waals surface area contributed by atoms with Crippen molar-refractivity contribution in [3.8, 4) is 5.75 Å². The molecule has 22 heavy (non-hydrogen) atoms. The summed E-state index contributed by atoms with van der Waals surface area (Å²) in [4.78, 5) is 9.89. The number of piperidine rings is 1. The van der Waals surface area contributed by atoms with Crippen LogP contribution in [0.5, 0.6) is 5.75 Å². The van der Waals surface area contributed by atoms with Gasteiger partial charge in [0.1, 0.15) is 11.6 Å². The molecular formula is C16H19F2N3O. The van der Waals surface area contributed by atoms with Crippen molar-refractivity contribution < 1.29 is 13.5 Å². The van der Waals surface area contributed by atoms with Gasteiger partial charge in [0, 0.05) is 18.9 Å². The van der Waals surface area contributed by atoms with E-state index < -0.39 is 6.61 Å². The van der Waals surface area contributed by atoms with Crippen LogP contribution in [-0.2, 0) is 6.54 Å². The number of nitrogens with one attached hydrogen (secondary N) is 1. The topological polar surface area (TPSA) is 41.1 Å². The summed E-state index contributed by atoms with van der Waals surface area (Å²) in [6, 6.07) is 7.17. The molecule has 0 aliphatic carbocycles. The molecule has 2 heterocycles. The number of likely N-dealkylation sites (tertiary alicyclic amines) is 1. The zero-order valence-electron chi connectivity index (χ0n) is 12.2. The van der Waals surface area contributed by atoms with Crippen molar-refractivity contribution in [2.75, 3.05) is 6.54 Å². The lowest BCUT2D eigenvalue weighted by Gasteiger charge is -2.34. The number of aromatic amines is 1. The summed E-state index contributed by atoms with van der Waals surface area (Å²) in [5.74, 6) is 1.18. The molecule has 0 radical (unpaired) electrons. The molecule has 0 amide bonds. The first kappa shape index (κ1) is 15.0. The summed E-state index contributed by atoms with van der Waals surface area (Å²) >= 11 is 0. The third kappa shape index (κ3) is 3.62. The van der Waals surface area contributed by atoms with Crippen LogP contribution in [0.3, 0.4) is 0 Å². The lowest BCUT2D eigenvalue weighted by molar-refractivity contribution is -0.0499. The highest BCUT2D eigenvalue weighted by Crippen LogP contribution is 2.30. The maximum Gasteiger partial charge on any atom is 0.387 e. The normalized spacial score (nSPS) is 19.5. The van der Waals surface area contributed by atoms with Gasteiger partial charge in [-0.3, -0.25) is 4.90 Å². The Labute approximate surface area is 128 Å². The van der Waals surface area contributed by atoms with E-state index in [9.17, 15) is 8.78 Å². The summed E-state index contributed by atoms with van der Waals surface area (Å²) < 4.78 is 29.1. The maximum absolute atomic E-state index is 12.3. The molecular weight excluding hydrogens is 288 g/mol. The van der Waals surface area contributed by atoms with Crippen molar-refractivity contribution in [1.29, 1.82) is 0 Å². The summed E-state index contributed by atoms with van der Waals surface area (Å²) in [6.45, 7) is -1.11. The minimum Gasteiger partial charge on any atom is -0.435 e. The number of aromatic nitrogens is 2. The zero-order chi connectivity index (χ0) is 15.4. The molecule has 0 bridgehead atoms. The Morgan fingerprint density at radius 2 is 2.27 bits per heavy atom. The summed E-state index contributed by atoms with van der Waals surface area (Å²) in [6.07, 6.45) is 6.97. The van der Waals surface area contributed by atoms with Gasteiger partial charge in [-0.15, -0.1) is 0 Å². The van der Waals surface area contributed by atoms with E-state index in [4.69, 9.17) is 0 Å². The third-order valence-electron chi connectivity index (χ3n) is 3.96. The monoisotopic (exact) mass is 307 g/mol. The van der Waals surface area contributed by atoms with Gasteiger partial charge < -0.3 is 9.72 Å². The van der Waals surface area contributed by atoms with Gasteiger partial charge in [0.05, 0.1) is 6.04 Å². The molecule has 1 N–H and O–H groups in total. The van der Waals surface area contributed by atoms with E-state index >= 15 is 0 Å². The van der Waals surface area contributed by atoms with Gasteiger partial charge in [0.25, 0.3) is 0 Å². The first-order chi connectivity index (χ1) is 10.7.